The van der Waals surface area contributed by atoms with Crippen LogP contribution in [0.1, 0.15) is 27.7 Å². The summed E-state index contributed by atoms with van der Waals surface area (Å²) >= 11 is 0. The van der Waals surface area contributed by atoms with Crippen LogP contribution in [0.4, 0.5) is 4.39 Å². The second kappa shape index (κ2) is 4.39. The topological polar surface area (TPSA) is 63.6 Å². The van der Waals surface area contributed by atoms with E-state index in [1.165, 1.54) is 0 Å². The maximum absolute atomic E-state index is 13.2. The zero-order valence-electron chi connectivity index (χ0n) is 8.70. The Kier molecular flexibility index (Phi) is 4.04. The Morgan fingerprint density at radius 3 is 2.00 bits per heavy atom. The first kappa shape index (κ1) is 12.9. The van der Waals surface area contributed by atoms with Crippen molar-refractivity contribution in [3.8, 4) is 0 Å². The number of rotatable bonds is 3. The van der Waals surface area contributed by atoms with E-state index in [2.05, 4.69) is 4.74 Å². The zero-order valence-corrected chi connectivity index (χ0v) is 8.70. The van der Waals surface area contributed by atoms with Crippen LogP contribution in [0.2, 0.25) is 0 Å². The van der Waals surface area contributed by atoms with E-state index in [9.17, 15) is 14.0 Å². The van der Waals surface area contributed by atoms with E-state index < -0.39 is 29.6 Å². The molecule has 0 amide bonds. The molecule has 1 N–H and O–H groups in total. The Morgan fingerprint density at radius 1 is 1.36 bits per heavy atom. The Bertz CT molecular complexity index is 231. The van der Waals surface area contributed by atoms with Gasteiger partial charge in [0.05, 0.1) is 0 Å². The molecule has 14 heavy (non-hydrogen) atoms. The predicted molar refractivity (Wildman–Crippen MR) is 47.5 cm³/mol. The number of alkyl halides is 1. The first-order chi connectivity index (χ1) is 6.16. The SMILES string of the molecule is CC(=O)OC(C(F)C(=O)O)C(C)(C)C. The minimum atomic E-state index is -2.20. The van der Waals surface area contributed by atoms with Crippen LogP contribution in [-0.2, 0) is 14.3 Å². The van der Waals surface area contributed by atoms with Gasteiger partial charge >= 0.3 is 11.9 Å². The van der Waals surface area contributed by atoms with E-state index in [0.717, 1.165) is 6.92 Å². The van der Waals surface area contributed by atoms with Crippen LogP contribution in [0.15, 0.2) is 0 Å². The average molecular weight is 206 g/mol. The van der Waals surface area contributed by atoms with Crippen molar-refractivity contribution in [2.75, 3.05) is 0 Å². The minimum Gasteiger partial charge on any atom is -0.479 e. The van der Waals surface area contributed by atoms with Crippen molar-refractivity contribution in [1.82, 2.24) is 0 Å². The number of carbonyl (C=O) groups excluding carboxylic acids is 1. The lowest BCUT2D eigenvalue weighted by Crippen LogP contribution is -2.43. The summed E-state index contributed by atoms with van der Waals surface area (Å²) in [6.45, 7) is 5.94. The van der Waals surface area contributed by atoms with Crippen molar-refractivity contribution in [1.29, 1.82) is 0 Å². The molecule has 0 aromatic carbocycles. The Morgan fingerprint density at radius 2 is 1.79 bits per heavy atom. The third kappa shape index (κ3) is 3.72. The average Bonchev–Trinajstić information content (AvgIpc) is 1.96. The smallest absolute Gasteiger partial charge is 0.342 e. The van der Waals surface area contributed by atoms with Crippen molar-refractivity contribution >= 4 is 11.9 Å². The summed E-state index contributed by atoms with van der Waals surface area (Å²) in [5.74, 6) is -2.31. The van der Waals surface area contributed by atoms with E-state index in [0.29, 0.717) is 0 Å². The highest BCUT2D eigenvalue weighted by Crippen LogP contribution is 2.26. The summed E-state index contributed by atoms with van der Waals surface area (Å²) in [6, 6.07) is 0. The highest BCUT2D eigenvalue weighted by atomic mass is 19.1. The summed E-state index contributed by atoms with van der Waals surface area (Å²) in [4.78, 5) is 21.0. The summed E-state index contributed by atoms with van der Waals surface area (Å²) in [5, 5.41) is 8.46. The van der Waals surface area contributed by atoms with Crippen molar-refractivity contribution in [2.24, 2.45) is 5.41 Å². The van der Waals surface area contributed by atoms with Crippen LogP contribution in [0.25, 0.3) is 0 Å². The van der Waals surface area contributed by atoms with Crippen molar-refractivity contribution < 1.29 is 23.8 Å². The molecule has 0 aliphatic rings. The monoisotopic (exact) mass is 206 g/mol. The third-order valence-corrected chi connectivity index (χ3v) is 1.65. The zero-order chi connectivity index (χ0) is 11.5. The van der Waals surface area contributed by atoms with Crippen molar-refractivity contribution in [2.45, 2.75) is 40.0 Å². The molecule has 2 atom stereocenters. The Balaban J connectivity index is 4.73. The molecule has 0 fully saturated rings. The fourth-order valence-electron chi connectivity index (χ4n) is 0.984. The minimum absolute atomic E-state index is 0.686. The van der Waals surface area contributed by atoms with Gasteiger partial charge in [-0.25, -0.2) is 9.18 Å². The molecular formula is C9H15FO4. The van der Waals surface area contributed by atoms with Gasteiger partial charge in [0.1, 0.15) is 6.10 Å². The normalized spacial score (nSPS) is 15.8. The van der Waals surface area contributed by atoms with E-state index in [1.54, 1.807) is 20.8 Å². The summed E-state index contributed by atoms with van der Waals surface area (Å²) in [5.41, 5.74) is -0.747. The molecule has 0 spiro atoms. The molecule has 0 saturated heterocycles. The molecule has 0 saturated carbocycles. The number of halogens is 1. The second-order valence-corrected chi connectivity index (χ2v) is 4.14. The van der Waals surface area contributed by atoms with Crippen molar-refractivity contribution in [3.05, 3.63) is 0 Å². The molecule has 2 unspecified atom stereocenters. The lowest BCUT2D eigenvalue weighted by atomic mass is 9.86. The van der Waals surface area contributed by atoms with Gasteiger partial charge in [-0.3, -0.25) is 4.79 Å². The molecule has 0 aromatic heterocycles. The van der Waals surface area contributed by atoms with Crippen LogP contribution in [0, 0.1) is 5.41 Å². The summed E-state index contributed by atoms with van der Waals surface area (Å²) in [7, 11) is 0. The molecule has 0 heterocycles. The molecule has 4 nitrogen and oxygen atoms in total. The van der Waals surface area contributed by atoms with Gasteiger partial charge in [0, 0.05) is 12.3 Å². The molecule has 0 bridgehead atoms. The van der Waals surface area contributed by atoms with Crippen molar-refractivity contribution in [3.63, 3.8) is 0 Å². The van der Waals surface area contributed by atoms with E-state index in [-0.39, 0.29) is 0 Å². The van der Waals surface area contributed by atoms with Gasteiger partial charge in [-0.2, -0.15) is 0 Å². The fourth-order valence-corrected chi connectivity index (χ4v) is 0.984. The molecule has 0 rings (SSSR count). The van der Waals surface area contributed by atoms with Gasteiger partial charge in [0.25, 0.3) is 0 Å². The molecule has 82 valence electrons. The van der Waals surface area contributed by atoms with Crippen LogP contribution >= 0.6 is 0 Å². The molecule has 0 aromatic rings. The Labute approximate surface area is 82.1 Å². The number of aliphatic carboxylic acids is 1. The number of carboxylic acids is 1. The maximum atomic E-state index is 13.2. The number of hydrogen-bond acceptors (Lipinski definition) is 3. The van der Waals surface area contributed by atoms with Crippen LogP contribution in [0.3, 0.4) is 0 Å². The molecule has 0 aliphatic heterocycles. The van der Waals surface area contributed by atoms with Gasteiger partial charge in [0.15, 0.2) is 0 Å². The largest absolute Gasteiger partial charge is 0.479 e. The van der Waals surface area contributed by atoms with Gasteiger partial charge in [-0.05, 0) is 0 Å². The second-order valence-electron chi connectivity index (χ2n) is 4.14. The number of ether oxygens (including phenoxy) is 1. The van der Waals surface area contributed by atoms with E-state index in [4.69, 9.17) is 5.11 Å². The lowest BCUT2D eigenvalue weighted by Gasteiger charge is -2.30. The number of esters is 1. The maximum Gasteiger partial charge on any atom is 0.342 e. The van der Waals surface area contributed by atoms with Crippen LogP contribution < -0.4 is 0 Å². The molecular weight excluding hydrogens is 191 g/mol. The number of carboxylic acid groups (broad SMARTS) is 1. The van der Waals surface area contributed by atoms with E-state index in [1.807, 2.05) is 0 Å². The predicted octanol–water partition coefficient (Wildman–Crippen LogP) is 1.39. The standard InChI is InChI=1S/C9H15FO4/c1-5(11)14-7(9(2,3)4)6(10)8(12)13/h6-7H,1-4H3,(H,12,13). The van der Waals surface area contributed by atoms with Gasteiger partial charge in [0.2, 0.25) is 6.17 Å². The highest BCUT2D eigenvalue weighted by Gasteiger charge is 2.39. The summed E-state index contributed by atoms with van der Waals surface area (Å²) in [6.07, 6.45) is -3.46. The lowest BCUT2D eigenvalue weighted by molar-refractivity contribution is -0.166. The van der Waals surface area contributed by atoms with Gasteiger partial charge in [-0.15, -0.1) is 0 Å². The van der Waals surface area contributed by atoms with Gasteiger partial charge in [-0.1, -0.05) is 20.8 Å². The van der Waals surface area contributed by atoms with E-state index >= 15 is 0 Å². The first-order valence-corrected chi connectivity index (χ1v) is 4.20. The van der Waals surface area contributed by atoms with Gasteiger partial charge < -0.3 is 9.84 Å². The molecule has 0 radical (unpaired) electrons. The molecule has 5 heteroatoms. The quantitative estimate of drug-likeness (QED) is 0.708. The number of hydrogen-bond donors (Lipinski definition) is 1. The summed E-state index contributed by atoms with van der Waals surface area (Å²) < 4.78 is 17.8. The first-order valence-electron chi connectivity index (χ1n) is 4.20. The molecule has 0 aliphatic carbocycles. The Hall–Kier alpha value is -1.13. The third-order valence-electron chi connectivity index (χ3n) is 1.65. The van der Waals surface area contributed by atoms with Crippen LogP contribution in [0.5, 0.6) is 0 Å². The fraction of sp³-hybridized carbons (Fsp3) is 0.778. The number of carbonyl (C=O) groups is 2. The van der Waals surface area contributed by atoms with Crippen LogP contribution in [-0.4, -0.2) is 29.3 Å². The highest BCUT2D eigenvalue weighted by molar-refractivity contribution is 5.74.